The molecule has 0 bridgehead atoms. The van der Waals surface area contributed by atoms with Crippen molar-refractivity contribution in [2.45, 2.75) is 6.61 Å². The average Bonchev–Trinajstić information content (AvgIpc) is 3.31. The SMILES string of the molecule is COc1ccc(OC)c(-c2csc(NC(=O)c3ccc(COc4ccccc4Br)cc3)n2)c1. The van der Waals surface area contributed by atoms with Crippen LogP contribution in [0.1, 0.15) is 15.9 Å². The lowest BCUT2D eigenvalue weighted by Gasteiger charge is -2.09. The first-order chi connectivity index (χ1) is 16.1. The van der Waals surface area contributed by atoms with Crippen LogP contribution >= 0.6 is 27.3 Å². The number of methoxy groups -OCH3 is 2. The molecule has 8 heteroatoms. The van der Waals surface area contributed by atoms with Gasteiger partial charge in [0.15, 0.2) is 5.13 Å². The van der Waals surface area contributed by atoms with Gasteiger partial charge in [0.05, 0.1) is 24.4 Å². The van der Waals surface area contributed by atoms with Crippen LogP contribution in [0, 0.1) is 0 Å². The van der Waals surface area contributed by atoms with Crippen LogP contribution in [0.15, 0.2) is 76.6 Å². The molecule has 0 saturated heterocycles. The highest BCUT2D eigenvalue weighted by Gasteiger charge is 2.14. The van der Waals surface area contributed by atoms with E-state index in [1.54, 1.807) is 26.4 Å². The van der Waals surface area contributed by atoms with Gasteiger partial charge in [-0.05, 0) is 64.0 Å². The lowest BCUT2D eigenvalue weighted by Crippen LogP contribution is -2.11. The summed E-state index contributed by atoms with van der Waals surface area (Å²) in [5.74, 6) is 1.92. The summed E-state index contributed by atoms with van der Waals surface area (Å²) in [7, 11) is 3.21. The van der Waals surface area contributed by atoms with Crippen LogP contribution in [0.2, 0.25) is 0 Å². The van der Waals surface area contributed by atoms with Crippen LogP contribution in [-0.4, -0.2) is 25.1 Å². The summed E-state index contributed by atoms with van der Waals surface area (Å²) in [6, 6.07) is 20.5. The minimum Gasteiger partial charge on any atom is -0.497 e. The highest BCUT2D eigenvalue weighted by atomic mass is 79.9. The lowest BCUT2D eigenvalue weighted by molar-refractivity contribution is 0.102. The van der Waals surface area contributed by atoms with E-state index in [1.807, 2.05) is 60.0 Å². The number of thiazole rings is 1. The van der Waals surface area contributed by atoms with E-state index >= 15 is 0 Å². The molecule has 4 aromatic rings. The Labute approximate surface area is 204 Å². The first kappa shape index (κ1) is 22.8. The lowest BCUT2D eigenvalue weighted by atomic mass is 10.1. The Kier molecular flexibility index (Phi) is 7.26. The number of rotatable bonds is 8. The van der Waals surface area contributed by atoms with Crippen LogP contribution in [0.5, 0.6) is 17.2 Å². The molecule has 168 valence electrons. The van der Waals surface area contributed by atoms with Crippen LogP contribution in [0.4, 0.5) is 5.13 Å². The third kappa shape index (κ3) is 5.53. The number of carbonyl (C=O) groups excluding carboxylic acids is 1. The fourth-order valence-corrected chi connectivity index (χ4v) is 4.22. The van der Waals surface area contributed by atoms with Crippen molar-refractivity contribution in [3.8, 4) is 28.5 Å². The van der Waals surface area contributed by atoms with E-state index in [2.05, 4.69) is 26.2 Å². The van der Waals surface area contributed by atoms with E-state index in [1.165, 1.54) is 11.3 Å². The van der Waals surface area contributed by atoms with Gasteiger partial charge in [0.25, 0.3) is 5.91 Å². The second kappa shape index (κ2) is 10.5. The van der Waals surface area contributed by atoms with E-state index in [9.17, 15) is 4.79 Å². The van der Waals surface area contributed by atoms with Crippen LogP contribution in [-0.2, 0) is 6.61 Å². The molecule has 6 nitrogen and oxygen atoms in total. The second-order valence-electron chi connectivity index (χ2n) is 6.97. The number of carbonyl (C=O) groups is 1. The number of anilines is 1. The summed E-state index contributed by atoms with van der Waals surface area (Å²) >= 11 is 4.81. The Morgan fingerprint density at radius 2 is 1.79 bits per heavy atom. The number of aromatic nitrogens is 1. The predicted octanol–water partition coefficient (Wildman–Crippen LogP) is 6.42. The Hall–Kier alpha value is -3.36. The summed E-state index contributed by atoms with van der Waals surface area (Å²) in [4.78, 5) is 17.2. The highest BCUT2D eigenvalue weighted by molar-refractivity contribution is 9.10. The molecule has 0 unspecified atom stereocenters. The zero-order valence-corrected chi connectivity index (χ0v) is 20.4. The second-order valence-corrected chi connectivity index (χ2v) is 8.69. The quantitative estimate of drug-likeness (QED) is 0.288. The Balaban J connectivity index is 1.41. The van der Waals surface area contributed by atoms with E-state index in [-0.39, 0.29) is 5.91 Å². The minimum atomic E-state index is -0.230. The fourth-order valence-electron chi connectivity index (χ4n) is 3.11. The van der Waals surface area contributed by atoms with Gasteiger partial charge in [0, 0.05) is 16.5 Å². The number of para-hydroxylation sites is 1. The number of hydrogen-bond acceptors (Lipinski definition) is 6. The standard InChI is InChI=1S/C25H21BrN2O4S/c1-30-18-11-12-22(31-2)19(13-18)21-15-33-25(27-21)28-24(29)17-9-7-16(8-10-17)14-32-23-6-4-3-5-20(23)26/h3-13,15H,14H2,1-2H3,(H,27,28,29). The Morgan fingerprint density at radius 1 is 1.00 bits per heavy atom. The molecule has 1 aromatic heterocycles. The molecule has 0 spiro atoms. The summed E-state index contributed by atoms with van der Waals surface area (Å²) in [5, 5.41) is 5.23. The zero-order valence-electron chi connectivity index (χ0n) is 18.0. The van der Waals surface area contributed by atoms with E-state index in [0.717, 1.165) is 21.3 Å². The van der Waals surface area contributed by atoms with E-state index < -0.39 is 0 Å². The van der Waals surface area contributed by atoms with Gasteiger partial charge in [0.2, 0.25) is 0 Å². The monoisotopic (exact) mass is 524 g/mol. The topological polar surface area (TPSA) is 69.7 Å². The van der Waals surface area contributed by atoms with Crippen molar-refractivity contribution < 1.29 is 19.0 Å². The molecular formula is C25H21BrN2O4S. The fraction of sp³-hybridized carbons (Fsp3) is 0.120. The van der Waals surface area contributed by atoms with Crippen molar-refractivity contribution in [1.82, 2.24) is 4.98 Å². The van der Waals surface area contributed by atoms with Crippen molar-refractivity contribution in [1.29, 1.82) is 0 Å². The van der Waals surface area contributed by atoms with Crippen molar-refractivity contribution in [3.63, 3.8) is 0 Å². The molecule has 0 atom stereocenters. The molecule has 0 aliphatic heterocycles. The van der Waals surface area contributed by atoms with Crippen molar-refractivity contribution in [3.05, 3.63) is 87.7 Å². The first-order valence-corrected chi connectivity index (χ1v) is 11.7. The maximum atomic E-state index is 12.7. The molecule has 4 rings (SSSR count). The number of ether oxygens (including phenoxy) is 3. The number of hydrogen-bond donors (Lipinski definition) is 1. The van der Waals surface area contributed by atoms with Crippen LogP contribution in [0.25, 0.3) is 11.3 Å². The van der Waals surface area contributed by atoms with Crippen molar-refractivity contribution in [2.24, 2.45) is 0 Å². The molecule has 0 aliphatic rings. The van der Waals surface area contributed by atoms with Crippen LogP contribution < -0.4 is 19.5 Å². The molecule has 1 amide bonds. The number of amides is 1. The van der Waals surface area contributed by atoms with Gasteiger partial charge in [-0.25, -0.2) is 4.98 Å². The molecule has 0 saturated carbocycles. The Bertz CT molecular complexity index is 1260. The largest absolute Gasteiger partial charge is 0.497 e. The number of halogens is 1. The van der Waals surface area contributed by atoms with E-state index in [4.69, 9.17) is 14.2 Å². The van der Waals surface area contributed by atoms with Gasteiger partial charge >= 0.3 is 0 Å². The molecule has 0 aliphatic carbocycles. The number of nitrogens with zero attached hydrogens (tertiary/aromatic N) is 1. The van der Waals surface area contributed by atoms with Crippen molar-refractivity contribution >= 4 is 38.3 Å². The summed E-state index contributed by atoms with van der Waals surface area (Å²) < 4.78 is 17.5. The highest BCUT2D eigenvalue weighted by Crippen LogP contribution is 2.35. The smallest absolute Gasteiger partial charge is 0.257 e. The molecule has 1 heterocycles. The van der Waals surface area contributed by atoms with Gasteiger partial charge in [-0.15, -0.1) is 11.3 Å². The molecule has 0 radical (unpaired) electrons. The molecule has 3 aromatic carbocycles. The number of benzene rings is 3. The van der Waals surface area contributed by atoms with Crippen molar-refractivity contribution in [2.75, 3.05) is 19.5 Å². The van der Waals surface area contributed by atoms with Gasteiger partial charge in [0.1, 0.15) is 23.9 Å². The molecular weight excluding hydrogens is 504 g/mol. The summed E-state index contributed by atoms with van der Waals surface area (Å²) in [6.07, 6.45) is 0. The first-order valence-electron chi connectivity index (χ1n) is 10.0. The maximum Gasteiger partial charge on any atom is 0.257 e. The minimum absolute atomic E-state index is 0.230. The third-order valence-corrected chi connectivity index (χ3v) is 6.27. The molecule has 33 heavy (non-hydrogen) atoms. The maximum absolute atomic E-state index is 12.7. The van der Waals surface area contributed by atoms with Gasteiger partial charge in [-0.3, -0.25) is 10.1 Å². The third-order valence-electron chi connectivity index (χ3n) is 4.85. The van der Waals surface area contributed by atoms with Gasteiger partial charge < -0.3 is 14.2 Å². The molecule has 0 fully saturated rings. The Morgan fingerprint density at radius 3 is 2.52 bits per heavy atom. The predicted molar refractivity (Wildman–Crippen MR) is 134 cm³/mol. The number of nitrogens with one attached hydrogen (secondary N) is 1. The molecule has 1 N–H and O–H groups in total. The average molecular weight is 525 g/mol. The zero-order chi connectivity index (χ0) is 23.2. The van der Waals surface area contributed by atoms with E-state index in [0.29, 0.717) is 34.5 Å². The summed E-state index contributed by atoms with van der Waals surface area (Å²) in [6.45, 7) is 0.405. The summed E-state index contributed by atoms with van der Waals surface area (Å²) in [5.41, 5.74) is 2.99. The van der Waals surface area contributed by atoms with Gasteiger partial charge in [-0.2, -0.15) is 0 Å². The normalized spacial score (nSPS) is 10.5. The van der Waals surface area contributed by atoms with Gasteiger partial charge in [-0.1, -0.05) is 24.3 Å². The van der Waals surface area contributed by atoms with Crippen LogP contribution in [0.3, 0.4) is 0 Å².